The summed E-state index contributed by atoms with van der Waals surface area (Å²) in [5, 5.41) is 0. The number of benzene rings is 1. The van der Waals surface area contributed by atoms with E-state index in [1.54, 1.807) is 0 Å². The summed E-state index contributed by atoms with van der Waals surface area (Å²) in [5.41, 5.74) is 2.82. The van der Waals surface area contributed by atoms with Crippen LogP contribution >= 0.6 is 0 Å². The van der Waals surface area contributed by atoms with Crippen molar-refractivity contribution in [2.24, 2.45) is 7.05 Å². The third-order valence-corrected chi connectivity index (χ3v) is 2.96. The van der Waals surface area contributed by atoms with Crippen molar-refractivity contribution in [3.63, 3.8) is 0 Å². The molecule has 0 amide bonds. The molecule has 16 heavy (non-hydrogen) atoms. The van der Waals surface area contributed by atoms with Gasteiger partial charge in [0.25, 0.3) is 5.82 Å². The Kier molecular flexibility index (Phi) is 2.49. The second-order valence-electron chi connectivity index (χ2n) is 3.86. The second kappa shape index (κ2) is 3.82. The van der Waals surface area contributed by atoms with Gasteiger partial charge in [-0.15, -0.1) is 0 Å². The van der Waals surface area contributed by atoms with Crippen LogP contribution in [0.2, 0.25) is 0 Å². The fraction of sp³-hybridized carbons (Fsp3) is 0.231. The molecule has 0 atom stereocenters. The normalized spacial score (nSPS) is 10.1. The molecule has 1 heterocycles. The Morgan fingerprint density at radius 1 is 1.31 bits per heavy atom. The van der Waals surface area contributed by atoms with Gasteiger partial charge in [0, 0.05) is 12.5 Å². The van der Waals surface area contributed by atoms with Gasteiger partial charge < -0.3 is 0 Å². The second-order valence-corrected chi connectivity index (χ2v) is 3.86. The number of imidazole rings is 1. The highest BCUT2D eigenvalue weighted by atomic mass is 15.1. The number of nitrogens with zero attached hydrogens (tertiary/aromatic N) is 3. The summed E-state index contributed by atoms with van der Waals surface area (Å²) in [6.45, 7) is 11.2. The zero-order valence-electron chi connectivity index (χ0n) is 9.73. The highest BCUT2D eigenvalue weighted by Gasteiger charge is 2.14. The molecule has 3 heteroatoms. The van der Waals surface area contributed by atoms with Gasteiger partial charge in [-0.2, -0.15) is 0 Å². The molecule has 0 saturated carbocycles. The van der Waals surface area contributed by atoms with Crippen LogP contribution in [0.15, 0.2) is 30.6 Å². The van der Waals surface area contributed by atoms with E-state index in [9.17, 15) is 0 Å². The van der Waals surface area contributed by atoms with Gasteiger partial charge in [0.1, 0.15) is 18.1 Å². The molecule has 0 fully saturated rings. The lowest BCUT2D eigenvalue weighted by Gasteiger charge is -2.04. The van der Waals surface area contributed by atoms with Crippen molar-refractivity contribution >= 4 is 5.69 Å². The standard InChI is InChI=1S/C13H14N3/c1-10-12(14-3)6-5-7-13(10)16-9-8-15(4)11(16)2/h5-9H,1-2,4H3/q+1. The van der Waals surface area contributed by atoms with Crippen LogP contribution < -0.4 is 4.57 Å². The van der Waals surface area contributed by atoms with E-state index in [0.29, 0.717) is 5.69 Å². The van der Waals surface area contributed by atoms with Gasteiger partial charge in [-0.05, 0) is 13.0 Å². The van der Waals surface area contributed by atoms with Gasteiger partial charge in [0.2, 0.25) is 0 Å². The maximum Gasteiger partial charge on any atom is 0.258 e. The monoisotopic (exact) mass is 212 g/mol. The Balaban J connectivity index is 2.66. The van der Waals surface area contributed by atoms with Crippen LogP contribution in [0, 0.1) is 20.4 Å². The Labute approximate surface area is 95.4 Å². The van der Waals surface area contributed by atoms with Crippen molar-refractivity contribution in [2.75, 3.05) is 0 Å². The first-order valence-corrected chi connectivity index (χ1v) is 5.16. The number of aryl methyl sites for hydroxylation is 1. The fourth-order valence-corrected chi connectivity index (χ4v) is 1.80. The Morgan fingerprint density at radius 2 is 2.06 bits per heavy atom. The molecule has 0 saturated heterocycles. The molecule has 80 valence electrons. The molecule has 3 nitrogen and oxygen atoms in total. The van der Waals surface area contributed by atoms with Gasteiger partial charge in [0.05, 0.1) is 13.6 Å². The minimum atomic E-state index is 0.716. The summed E-state index contributed by atoms with van der Waals surface area (Å²) in [7, 11) is 2.01. The highest BCUT2D eigenvalue weighted by molar-refractivity contribution is 5.60. The molecule has 0 aliphatic rings. The molecule has 0 unspecified atom stereocenters. The van der Waals surface area contributed by atoms with Crippen molar-refractivity contribution in [1.29, 1.82) is 0 Å². The number of rotatable bonds is 1. The van der Waals surface area contributed by atoms with Gasteiger partial charge in [0.15, 0.2) is 5.69 Å². The first-order valence-electron chi connectivity index (χ1n) is 5.16. The molecule has 1 aromatic heterocycles. The predicted molar refractivity (Wildman–Crippen MR) is 62.7 cm³/mol. The largest absolute Gasteiger partial charge is 0.258 e. The smallest absolute Gasteiger partial charge is 0.238 e. The zero-order chi connectivity index (χ0) is 11.7. The summed E-state index contributed by atoms with van der Waals surface area (Å²) in [6, 6.07) is 5.82. The first-order chi connectivity index (χ1) is 7.65. The van der Waals surface area contributed by atoms with E-state index in [0.717, 1.165) is 17.1 Å². The average Bonchev–Trinajstić information content (AvgIpc) is 2.61. The molecule has 1 aromatic carbocycles. The topological polar surface area (TPSA) is 13.2 Å². The minimum Gasteiger partial charge on any atom is -0.238 e. The van der Waals surface area contributed by atoms with Crippen LogP contribution in [0.25, 0.3) is 10.5 Å². The lowest BCUT2D eigenvalue weighted by Crippen LogP contribution is -2.29. The van der Waals surface area contributed by atoms with Crippen molar-refractivity contribution in [1.82, 2.24) is 4.57 Å². The van der Waals surface area contributed by atoms with Crippen LogP contribution in [0.3, 0.4) is 0 Å². The van der Waals surface area contributed by atoms with Crippen molar-refractivity contribution in [3.05, 3.63) is 53.4 Å². The van der Waals surface area contributed by atoms with Crippen molar-refractivity contribution < 1.29 is 4.57 Å². The van der Waals surface area contributed by atoms with Gasteiger partial charge in [-0.25, -0.2) is 14.0 Å². The third kappa shape index (κ3) is 1.49. The van der Waals surface area contributed by atoms with E-state index in [-0.39, 0.29) is 0 Å². The Hall–Kier alpha value is -2.08. The SMILES string of the molecule is [C-]#[N+]c1cccc(-n2cc[n+](C)c2C)c1C. The maximum absolute atomic E-state index is 7.11. The minimum absolute atomic E-state index is 0.716. The van der Waals surface area contributed by atoms with Gasteiger partial charge >= 0.3 is 0 Å². The molecule has 0 aliphatic heterocycles. The highest BCUT2D eigenvalue weighted by Crippen LogP contribution is 2.24. The first kappa shape index (κ1) is 10.4. The molecule has 2 rings (SSSR count). The Bertz CT molecular complexity index is 573. The van der Waals surface area contributed by atoms with Crippen molar-refractivity contribution in [3.8, 4) is 5.69 Å². The summed E-state index contributed by atoms with van der Waals surface area (Å²) in [4.78, 5) is 3.52. The van der Waals surface area contributed by atoms with E-state index >= 15 is 0 Å². The molecule has 0 radical (unpaired) electrons. The summed E-state index contributed by atoms with van der Waals surface area (Å²) in [5.74, 6) is 1.14. The quantitative estimate of drug-likeness (QED) is 0.509. The molecule has 0 aliphatic carbocycles. The molecular weight excluding hydrogens is 198 g/mol. The van der Waals surface area contributed by atoms with Crippen LogP contribution in [0.4, 0.5) is 5.69 Å². The number of hydrogen-bond acceptors (Lipinski definition) is 0. The van der Waals surface area contributed by atoms with Gasteiger partial charge in [-0.3, -0.25) is 0 Å². The van der Waals surface area contributed by atoms with Crippen LogP contribution in [0.1, 0.15) is 11.4 Å². The number of hydrogen-bond donors (Lipinski definition) is 0. The van der Waals surface area contributed by atoms with Crippen molar-refractivity contribution in [2.45, 2.75) is 13.8 Å². The van der Waals surface area contributed by atoms with Crippen LogP contribution in [-0.4, -0.2) is 4.57 Å². The molecule has 0 bridgehead atoms. The summed E-state index contributed by atoms with van der Waals surface area (Å²) in [6.07, 6.45) is 4.03. The summed E-state index contributed by atoms with van der Waals surface area (Å²) >= 11 is 0. The maximum atomic E-state index is 7.11. The lowest BCUT2D eigenvalue weighted by molar-refractivity contribution is -0.677. The van der Waals surface area contributed by atoms with Crippen LogP contribution in [-0.2, 0) is 7.05 Å². The van der Waals surface area contributed by atoms with E-state index in [1.807, 2.05) is 44.6 Å². The fourth-order valence-electron chi connectivity index (χ4n) is 1.80. The zero-order valence-corrected chi connectivity index (χ0v) is 9.73. The molecular formula is C13H14N3+. The molecule has 0 N–H and O–H groups in total. The van der Waals surface area contributed by atoms with Crippen LogP contribution in [0.5, 0.6) is 0 Å². The lowest BCUT2D eigenvalue weighted by atomic mass is 10.1. The Morgan fingerprint density at radius 3 is 2.62 bits per heavy atom. The average molecular weight is 212 g/mol. The van der Waals surface area contributed by atoms with E-state index < -0.39 is 0 Å². The predicted octanol–water partition coefficient (Wildman–Crippen LogP) is 2.47. The van der Waals surface area contributed by atoms with E-state index in [1.165, 1.54) is 0 Å². The molecule has 2 aromatic rings. The number of aromatic nitrogens is 2. The van der Waals surface area contributed by atoms with E-state index in [4.69, 9.17) is 6.57 Å². The molecule has 0 spiro atoms. The third-order valence-electron chi connectivity index (χ3n) is 2.96. The summed E-state index contributed by atoms with van der Waals surface area (Å²) < 4.78 is 4.16. The van der Waals surface area contributed by atoms with Gasteiger partial charge in [-0.1, -0.05) is 12.1 Å². The van der Waals surface area contributed by atoms with E-state index in [2.05, 4.69) is 20.9 Å².